The lowest BCUT2D eigenvalue weighted by molar-refractivity contribution is -0.123. The Bertz CT molecular complexity index is 657. The molecule has 0 radical (unpaired) electrons. The summed E-state index contributed by atoms with van der Waals surface area (Å²) in [6, 6.07) is 8.53. The quantitative estimate of drug-likeness (QED) is 0.801. The number of rotatable bonds is 6. The zero-order valence-electron chi connectivity index (χ0n) is 12.1. The second kappa shape index (κ2) is 7.39. The summed E-state index contributed by atoms with van der Waals surface area (Å²) in [6.07, 6.45) is 0.535. The number of halogens is 2. The van der Waals surface area contributed by atoms with Crippen LogP contribution in [0.1, 0.15) is 17.4 Å². The first-order chi connectivity index (χ1) is 11.0. The van der Waals surface area contributed by atoms with E-state index >= 15 is 0 Å². The van der Waals surface area contributed by atoms with Crippen molar-refractivity contribution in [2.75, 3.05) is 5.32 Å². The number of aromatic amines is 1. The van der Waals surface area contributed by atoms with Crippen LogP contribution in [0.5, 0.6) is 5.75 Å². The molecular weight excluding hydrogens is 310 g/mol. The second-order valence-corrected chi connectivity index (χ2v) is 4.52. The van der Waals surface area contributed by atoms with Crippen LogP contribution in [0.4, 0.5) is 14.5 Å². The van der Waals surface area contributed by atoms with Gasteiger partial charge in [-0.05, 0) is 43.3 Å². The zero-order valence-corrected chi connectivity index (χ0v) is 12.1. The Balaban J connectivity index is 1.89. The molecule has 0 saturated heterocycles. The molecule has 1 aromatic carbocycles. The minimum atomic E-state index is -2.91. The monoisotopic (exact) mass is 324 g/mol. The maximum Gasteiger partial charge on any atom is 0.387 e. The molecule has 1 atom stereocenters. The molecule has 1 amide bonds. The van der Waals surface area contributed by atoms with Crippen molar-refractivity contribution in [3.63, 3.8) is 0 Å². The van der Waals surface area contributed by atoms with Gasteiger partial charge in [0.15, 0.2) is 6.10 Å². The highest BCUT2D eigenvalue weighted by Gasteiger charge is 2.19. The van der Waals surface area contributed by atoms with Gasteiger partial charge in [-0.3, -0.25) is 4.79 Å². The third-order valence-electron chi connectivity index (χ3n) is 2.82. The van der Waals surface area contributed by atoms with E-state index in [4.69, 9.17) is 4.74 Å². The number of nitrogens with one attached hydrogen (secondary N) is 2. The lowest BCUT2D eigenvalue weighted by Crippen LogP contribution is -2.30. The molecular formula is C15H14F2N2O4. The molecule has 23 heavy (non-hydrogen) atoms. The van der Waals surface area contributed by atoms with E-state index in [1.165, 1.54) is 37.3 Å². The molecule has 0 fully saturated rings. The number of hydrogen-bond acceptors (Lipinski definition) is 4. The number of carbonyl (C=O) groups is 2. The number of H-pyrrole nitrogens is 1. The summed E-state index contributed by atoms with van der Waals surface area (Å²) >= 11 is 0. The average Bonchev–Trinajstić information content (AvgIpc) is 3.03. The fraction of sp³-hybridized carbons (Fsp3) is 0.200. The summed E-state index contributed by atoms with van der Waals surface area (Å²) in [5.74, 6) is -1.23. The van der Waals surface area contributed by atoms with Crippen LogP contribution in [0.25, 0.3) is 0 Å². The lowest BCUT2D eigenvalue weighted by atomic mass is 10.3. The Hall–Kier alpha value is -2.90. The number of benzene rings is 1. The average molecular weight is 324 g/mol. The van der Waals surface area contributed by atoms with Crippen molar-refractivity contribution < 1.29 is 27.8 Å². The third kappa shape index (κ3) is 4.80. The van der Waals surface area contributed by atoms with E-state index in [2.05, 4.69) is 15.0 Å². The molecule has 8 heteroatoms. The summed E-state index contributed by atoms with van der Waals surface area (Å²) in [6.45, 7) is -1.49. The highest BCUT2D eigenvalue weighted by atomic mass is 19.3. The zero-order chi connectivity index (χ0) is 16.8. The van der Waals surface area contributed by atoms with Crippen molar-refractivity contribution >= 4 is 17.6 Å². The molecule has 0 aliphatic heterocycles. The Morgan fingerprint density at radius 3 is 2.43 bits per heavy atom. The first-order valence-electron chi connectivity index (χ1n) is 6.66. The normalized spacial score (nSPS) is 11.8. The minimum absolute atomic E-state index is 0.0239. The summed E-state index contributed by atoms with van der Waals surface area (Å²) in [5, 5.41) is 2.50. The first-order valence-corrected chi connectivity index (χ1v) is 6.66. The molecule has 2 N–H and O–H groups in total. The maximum atomic E-state index is 12.0. The number of aromatic nitrogens is 1. The van der Waals surface area contributed by atoms with Crippen molar-refractivity contribution in [3.8, 4) is 5.75 Å². The molecule has 0 aliphatic rings. The fourth-order valence-electron chi connectivity index (χ4n) is 1.70. The van der Waals surface area contributed by atoms with Gasteiger partial charge in [-0.1, -0.05) is 0 Å². The highest BCUT2D eigenvalue weighted by Crippen LogP contribution is 2.18. The number of anilines is 1. The molecule has 2 rings (SSSR count). The van der Waals surface area contributed by atoms with E-state index in [0.29, 0.717) is 5.69 Å². The van der Waals surface area contributed by atoms with Crippen LogP contribution in [-0.2, 0) is 9.53 Å². The van der Waals surface area contributed by atoms with Gasteiger partial charge in [-0.2, -0.15) is 8.78 Å². The smallest absolute Gasteiger partial charge is 0.387 e. The van der Waals surface area contributed by atoms with Crippen LogP contribution in [0.3, 0.4) is 0 Å². The maximum absolute atomic E-state index is 12.0. The van der Waals surface area contributed by atoms with Crippen molar-refractivity contribution in [1.29, 1.82) is 0 Å². The van der Waals surface area contributed by atoms with Gasteiger partial charge in [0.1, 0.15) is 11.4 Å². The number of hydrogen-bond donors (Lipinski definition) is 2. The van der Waals surface area contributed by atoms with Gasteiger partial charge in [0.2, 0.25) is 0 Å². The highest BCUT2D eigenvalue weighted by molar-refractivity contribution is 5.96. The van der Waals surface area contributed by atoms with Gasteiger partial charge in [0.05, 0.1) is 0 Å². The fourth-order valence-corrected chi connectivity index (χ4v) is 1.70. The van der Waals surface area contributed by atoms with Crippen molar-refractivity contribution in [3.05, 3.63) is 48.3 Å². The number of ether oxygens (including phenoxy) is 2. The van der Waals surface area contributed by atoms with Crippen LogP contribution in [0.15, 0.2) is 42.6 Å². The Morgan fingerprint density at radius 1 is 1.17 bits per heavy atom. The standard InChI is InChI=1S/C15H14F2N2O4/c1-9(22-14(21)12-3-2-8-18-12)13(20)19-10-4-6-11(7-5-10)23-15(16)17/h2-9,15,18H,1H3,(H,19,20)/t9-/m0/s1. The van der Waals surface area contributed by atoms with E-state index in [9.17, 15) is 18.4 Å². The van der Waals surface area contributed by atoms with Crippen LogP contribution in [0, 0.1) is 0 Å². The van der Waals surface area contributed by atoms with Gasteiger partial charge in [-0.15, -0.1) is 0 Å². The summed E-state index contributed by atoms with van der Waals surface area (Å²) < 4.78 is 33.3. The molecule has 0 saturated carbocycles. The van der Waals surface area contributed by atoms with E-state index in [1.54, 1.807) is 12.3 Å². The number of esters is 1. The molecule has 1 aromatic heterocycles. The Kier molecular flexibility index (Phi) is 5.29. The molecule has 0 aliphatic carbocycles. The van der Waals surface area contributed by atoms with E-state index in [-0.39, 0.29) is 11.4 Å². The largest absolute Gasteiger partial charge is 0.448 e. The predicted octanol–water partition coefficient (Wildman–Crippen LogP) is 2.80. The summed E-state index contributed by atoms with van der Waals surface area (Å²) in [4.78, 5) is 26.3. The first kappa shape index (κ1) is 16.5. The molecule has 0 spiro atoms. The lowest BCUT2D eigenvalue weighted by Gasteiger charge is -2.13. The van der Waals surface area contributed by atoms with Crippen LogP contribution in [-0.4, -0.2) is 29.6 Å². The van der Waals surface area contributed by atoms with E-state index < -0.39 is 24.6 Å². The Morgan fingerprint density at radius 2 is 1.87 bits per heavy atom. The van der Waals surface area contributed by atoms with Crippen molar-refractivity contribution in [1.82, 2.24) is 4.98 Å². The van der Waals surface area contributed by atoms with Gasteiger partial charge < -0.3 is 19.8 Å². The number of alkyl halides is 2. The summed E-state index contributed by atoms with van der Waals surface area (Å²) in [5.41, 5.74) is 0.595. The molecule has 122 valence electrons. The molecule has 2 aromatic rings. The predicted molar refractivity (Wildman–Crippen MR) is 77.4 cm³/mol. The van der Waals surface area contributed by atoms with Crippen LogP contribution in [0.2, 0.25) is 0 Å². The van der Waals surface area contributed by atoms with Gasteiger partial charge in [0, 0.05) is 11.9 Å². The molecule has 1 heterocycles. The SMILES string of the molecule is C[C@H](OC(=O)c1ccc[nH]1)C(=O)Nc1ccc(OC(F)F)cc1. The van der Waals surface area contributed by atoms with Crippen molar-refractivity contribution in [2.24, 2.45) is 0 Å². The van der Waals surface area contributed by atoms with Crippen molar-refractivity contribution in [2.45, 2.75) is 19.6 Å². The van der Waals surface area contributed by atoms with E-state index in [1.807, 2.05) is 0 Å². The van der Waals surface area contributed by atoms with Crippen LogP contribution < -0.4 is 10.1 Å². The van der Waals surface area contributed by atoms with Gasteiger partial charge >= 0.3 is 12.6 Å². The number of carbonyl (C=O) groups excluding carboxylic acids is 2. The van der Waals surface area contributed by atoms with Gasteiger partial charge in [-0.25, -0.2) is 4.79 Å². The Labute approximate surface area is 130 Å². The minimum Gasteiger partial charge on any atom is -0.448 e. The molecule has 0 unspecified atom stereocenters. The topological polar surface area (TPSA) is 80.4 Å². The van der Waals surface area contributed by atoms with E-state index in [0.717, 1.165) is 0 Å². The molecule has 0 bridgehead atoms. The van der Waals surface area contributed by atoms with Gasteiger partial charge in [0.25, 0.3) is 5.91 Å². The third-order valence-corrected chi connectivity index (χ3v) is 2.82. The second-order valence-electron chi connectivity index (χ2n) is 4.52. The summed E-state index contributed by atoms with van der Waals surface area (Å²) in [7, 11) is 0. The van der Waals surface area contributed by atoms with Crippen LogP contribution >= 0.6 is 0 Å². The number of amides is 1. The molecule has 6 nitrogen and oxygen atoms in total.